The molecular weight excluding hydrogens is 573 g/mol. The van der Waals surface area contributed by atoms with Crippen LogP contribution >= 0.6 is 23.4 Å². The lowest BCUT2D eigenvalue weighted by atomic mass is 10.1. The largest absolute Gasteiger partial charge is 0.482 e. The van der Waals surface area contributed by atoms with Crippen molar-refractivity contribution in [2.75, 3.05) is 18.5 Å². The first-order valence-corrected chi connectivity index (χ1v) is 14.5. The molecule has 0 bridgehead atoms. The number of amides is 2. The van der Waals surface area contributed by atoms with Crippen LogP contribution < -0.4 is 10.1 Å². The number of hydrogen-bond donors (Lipinski definition) is 1. The van der Waals surface area contributed by atoms with E-state index in [-0.39, 0.29) is 23.2 Å². The van der Waals surface area contributed by atoms with E-state index in [9.17, 15) is 14.0 Å². The van der Waals surface area contributed by atoms with Gasteiger partial charge in [0.05, 0.1) is 21.3 Å². The molecule has 212 valence electrons. The topological polar surface area (TPSA) is 71.0 Å². The number of benzene rings is 4. The summed E-state index contributed by atoms with van der Waals surface area (Å²) in [7, 11) is 0. The Hall–Kier alpha value is -4.40. The first kappa shape index (κ1) is 29.1. The van der Waals surface area contributed by atoms with E-state index in [0.29, 0.717) is 27.9 Å². The molecule has 42 heavy (non-hydrogen) atoms. The van der Waals surface area contributed by atoms with Gasteiger partial charge in [-0.05, 0) is 78.2 Å². The van der Waals surface area contributed by atoms with Crippen molar-refractivity contribution in [3.63, 3.8) is 0 Å². The molecule has 6 nitrogen and oxygen atoms in total. The first-order valence-electron chi connectivity index (χ1n) is 13.3. The summed E-state index contributed by atoms with van der Waals surface area (Å²) in [4.78, 5) is 32.7. The molecule has 5 rings (SSSR count). The van der Waals surface area contributed by atoms with Crippen molar-refractivity contribution in [3.8, 4) is 5.75 Å². The standard InChI is InChI=1S/C33H27ClFN3O3S/c34-26-20-24(17-18-29(26)41-22-31(39)37-28-16-8-7-15-27(28)35)21-30-32(40)38(19-9-12-23-10-3-1-4-11-23)33(42-30)36-25-13-5-2-6-14-25/h1-8,10-11,13-18,20-21H,9,12,19,22H2,(H,37,39)/b30-21-,36-33?. The number of anilines is 1. The quantitative estimate of drug-likeness (QED) is 0.189. The van der Waals surface area contributed by atoms with Gasteiger partial charge in [0.1, 0.15) is 11.6 Å². The van der Waals surface area contributed by atoms with Crippen LogP contribution in [0.3, 0.4) is 0 Å². The maximum atomic E-state index is 13.8. The lowest BCUT2D eigenvalue weighted by Crippen LogP contribution is -2.30. The highest BCUT2D eigenvalue weighted by atomic mass is 35.5. The third-order valence-corrected chi connectivity index (χ3v) is 7.62. The summed E-state index contributed by atoms with van der Waals surface area (Å²) < 4.78 is 19.3. The second-order valence-corrected chi connectivity index (χ2v) is 10.8. The van der Waals surface area contributed by atoms with Gasteiger partial charge in [0.15, 0.2) is 11.8 Å². The molecule has 1 aliphatic rings. The van der Waals surface area contributed by atoms with Gasteiger partial charge in [-0.3, -0.25) is 14.5 Å². The zero-order chi connectivity index (χ0) is 29.3. The van der Waals surface area contributed by atoms with Crippen molar-refractivity contribution >= 4 is 57.8 Å². The van der Waals surface area contributed by atoms with Gasteiger partial charge in [-0.15, -0.1) is 0 Å². The average Bonchev–Trinajstić information content (AvgIpc) is 3.28. The molecule has 0 atom stereocenters. The van der Waals surface area contributed by atoms with E-state index in [4.69, 9.17) is 21.3 Å². The van der Waals surface area contributed by atoms with Crippen LogP contribution in [0, 0.1) is 5.82 Å². The fourth-order valence-corrected chi connectivity index (χ4v) is 5.52. The first-order chi connectivity index (χ1) is 20.5. The number of hydrogen-bond acceptors (Lipinski definition) is 5. The molecule has 2 amide bonds. The van der Waals surface area contributed by atoms with E-state index in [0.717, 1.165) is 18.5 Å². The second kappa shape index (κ2) is 14.0. The van der Waals surface area contributed by atoms with Crippen LogP contribution in [0.25, 0.3) is 6.08 Å². The summed E-state index contributed by atoms with van der Waals surface area (Å²) in [6.07, 6.45) is 3.41. The van der Waals surface area contributed by atoms with Gasteiger partial charge in [-0.2, -0.15) is 0 Å². The molecule has 1 saturated heterocycles. The smallest absolute Gasteiger partial charge is 0.266 e. The maximum absolute atomic E-state index is 13.8. The Morgan fingerprint density at radius 2 is 1.69 bits per heavy atom. The predicted molar refractivity (Wildman–Crippen MR) is 168 cm³/mol. The number of aryl methyl sites for hydroxylation is 1. The molecule has 0 spiro atoms. The summed E-state index contributed by atoms with van der Waals surface area (Å²) in [6.45, 7) is 0.187. The van der Waals surface area contributed by atoms with Gasteiger partial charge in [0, 0.05) is 6.54 Å². The molecule has 4 aromatic rings. The minimum Gasteiger partial charge on any atom is -0.482 e. The molecule has 1 N–H and O–H groups in total. The number of carbonyl (C=O) groups excluding carboxylic acids is 2. The number of carbonyl (C=O) groups is 2. The van der Waals surface area contributed by atoms with Crippen molar-refractivity contribution in [3.05, 3.63) is 130 Å². The number of rotatable bonds is 10. The van der Waals surface area contributed by atoms with E-state index in [2.05, 4.69) is 17.4 Å². The van der Waals surface area contributed by atoms with Crippen LogP contribution in [0.4, 0.5) is 15.8 Å². The number of aliphatic imine (C=N–C) groups is 1. The van der Waals surface area contributed by atoms with Crippen LogP contribution in [0.5, 0.6) is 5.75 Å². The summed E-state index contributed by atoms with van der Waals surface area (Å²) in [5.41, 5.74) is 2.76. The molecule has 0 unspecified atom stereocenters. The third-order valence-electron chi connectivity index (χ3n) is 6.32. The van der Waals surface area contributed by atoms with Crippen molar-refractivity contribution in [2.24, 2.45) is 4.99 Å². The summed E-state index contributed by atoms with van der Waals surface area (Å²) in [5.74, 6) is -0.883. The summed E-state index contributed by atoms with van der Waals surface area (Å²) >= 11 is 7.76. The molecule has 4 aromatic carbocycles. The fraction of sp³-hybridized carbons (Fsp3) is 0.121. The number of halogens is 2. The maximum Gasteiger partial charge on any atom is 0.266 e. The Balaban J connectivity index is 1.27. The van der Waals surface area contributed by atoms with E-state index in [1.165, 1.54) is 35.5 Å². The van der Waals surface area contributed by atoms with Crippen LogP contribution in [0.15, 0.2) is 113 Å². The zero-order valence-electron chi connectivity index (χ0n) is 22.5. The van der Waals surface area contributed by atoms with Crippen molar-refractivity contribution in [1.29, 1.82) is 0 Å². The number of nitrogens with zero attached hydrogens (tertiary/aromatic N) is 2. The molecule has 9 heteroatoms. The average molecular weight is 600 g/mol. The normalized spacial score (nSPS) is 14.9. The number of para-hydroxylation sites is 2. The van der Waals surface area contributed by atoms with E-state index in [1.54, 1.807) is 35.2 Å². The monoisotopic (exact) mass is 599 g/mol. The Bertz CT molecular complexity index is 1630. The minimum atomic E-state index is -0.535. The highest BCUT2D eigenvalue weighted by Crippen LogP contribution is 2.35. The van der Waals surface area contributed by atoms with Gasteiger partial charge in [0.25, 0.3) is 11.8 Å². The second-order valence-electron chi connectivity index (χ2n) is 9.39. The predicted octanol–water partition coefficient (Wildman–Crippen LogP) is 7.73. The van der Waals surface area contributed by atoms with Crippen LogP contribution in [0.1, 0.15) is 17.5 Å². The van der Waals surface area contributed by atoms with Crippen LogP contribution in [0.2, 0.25) is 5.02 Å². The Morgan fingerprint density at radius 3 is 2.43 bits per heavy atom. The number of nitrogens with one attached hydrogen (secondary N) is 1. The zero-order valence-corrected chi connectivity index (χ0v) is 24.1. The Morgan fingerprint density at radius 1 is 0.976 bits per heavy atom. The van der Waals surface area contributed by atoms with Gasteiger partial charge >= 0.3 is 0 Å². The highest BCUT2D eigenvalue weighted by Gasteiger charge is 2.33. The molecule has 1 fully saturated rings. The van der Waals surface area contributed by atoms with E-state index in [1.807, 2.05) is 48.5 Å². The van der Waals surface area contributed by atoms with Crippen molar-refractivity contribution < 1.29 is 18.7 Å². The number of thioether (sulfide) groups is 1. The van der Waals surface area contributed by atoms with E-state index >= 15 is 0 Å². The molecule has 0 radical (unpaired) electrons. The number of amidine groups is 1. The van der Waals surface area contributed by atoms with Crippen molar-refractivity contribution in [1.82, 2.24) is 4.90 Å². The molecule has 1 heterocycles. The summed E-state index contributed by atoms with van der Waals surface area (Å²) in [6, 6.07) is 30.6. The van der Waals surface area contributed by atoms with Crippen molar-refractivity contribution in [2.45, 2.75) is 12.8 Å². The van der Waals surface area contributed by atoms with E-state index < -0.39 is 11.7 Å². The molecular formula is C33H27ClFN3O3S. The lowest BCUT2D eigenvalue weighted by molar-refractivity contribution is -0.122. The van der Waals surface area contributed by atoms with Gasteiger partial charge < -0.3 is 10.1 Å². The fourth-order valence-electron chi connectivity index (χ4n) is 4.25. The molecule has 0 aliphatic carbocycles. The third kappa shape index (κ3) is 7.66. The SMILES string of the molecule is O=C(COc1ccc(/C=C2\SC(=Nc3ccccc3)N(CCCc3ccccc3)C2=O)cc1Cl)Nc1ccccc1F. The molecule has 0 aromatic heterocycles. The Kier molecular flexibility index (Phi) is 9.69. The van der Waals surface area contributed by atoms with Crippen LogP contribution in [-0.2, 0) is 16.0 Å². The lowest BCUT2D eigenvalue weighted by Gasteiger charge is -2.15. The Labute approximate surface area is 252 Å². The minimum absolute atomic E-state index is 0.0715. The van der Waals surface area contributed by atoms with Gasteiger partial charge in [-0.1, -0.05) is 78.3 Å². The van der Waals surface area contributed by atoms with Crippen LogP contribution in [-0.4, -0.2) is 35.0 Å². The molecule has 1 aliphatic heterocycles. The van der Waals surface area contributed by atoms with Gasteiger partial charge in [-0.25, -0.2) is 9.38 Å². The summed E-state index contributed by atoms with van der Waals surface area (Å²) in [5, 5.41) is 3.36. The van der Waals surface area contributed by atoms with Gasteiger partial charge in [0.2, 0.25) is 0 Å². The number of ether oxygens (including phenoxy) is 1. The highest BCUT2D eigenvalue weighted by molar-refractivity contribution is 8.18. The molecule has 0 saturated carbocycles.